The summed E-state index contributed by atoms with van der Waals surface area (Å²) in [7, 11) is 0. The average molecular weight is 194 g/mol. The first-order valence-corrected chi connectivity index (χ1v) is 4.07. The van der Waals surface area contributed by atoms with E-state index in [1.807, 2.05) is 0 Å². The predicted octanol–water partition coefficient (Wildman–Crippen LogP) is 1.45. The van der Waals surface area contributed by atoms with Crippen molar-refractivity contribution in [2.75, 3.05) is 0 Å². The van der Waals surface area contributed by atoms with Gasteiger partial charge < -0.3 is 4.74 Å². The largest absolute Gasteiger partial charge is 0.444 e. The van der Waals surface area contributed by atoms with Gasteiger partial charge in [-0.3, -0.25) is 10.5 Å². The van der Waals surface area contributed by atoms with Crippen LogP contribution >= 0.6 is 12.4 Å². The smallest absolute Gasteiger partial charge is 0.304 e. The van der Waals surface area contributed by atoms with Crippen molar-refractivity contribution in [2.45, 2.75) is 38.8 Å². The lowest BCUT2D eigenvalue weighted by molar-refractivity contribution is -0.149. The van der Waals surface area contributed by atoms with Crippen LogP contribution in [0.3, 0.4) is 0 Å². The molecule has 1 aliphatic rings. The van der Waals surface area contributed by atoms with E-state index in [9.17, 15) is 4.79 Å². The molecule has 0 aromatic rings. The van der Waals surface area contributed by atoms with Gasteiger partial charge in [-0.2, -0.15) is 0 Å². The molecule has 1 rings (SSSR count). The van der Waals surface area contributed by atoms with Crippen LogP contribution in [0.5, 0.6) is 0 Å². The van der Waals surface area contributed by atoms with E-state index in [2.05, 4.69) is 6.92 Å². The van der Waals surface area contributed by atoms with Crippen LogP contribution < -0.4 is 5.73 Å². The first kappa shape index (κ1) is 11.7. The quantitative estimate of drug-likeness (QED) is 0.545. The van der Waals surface area contributed by atoms with E-state index in [1.165, 1.54) is 6.92 Å². The molecule has 0 radical (unpaired) electrons. The number of nitrogens with two attached hydrogens (primary N) is 1. The van der Waals surface area contributed by atoms with Crippen molar-refractivity contribution < 1.29 is 9.53 Å². The van der Waals surface area contributed by atoms with Crippen LogP contribution in [0.25, 0.3) is 0 Å². The first-order valence-electron chi connectivity index (χ1n) is 4.07. The lowest BCUT2D eigenvalue weighted by Gasteiger charge is -2.10. The number of hydrogen-bond donors (Lipinski definition) is 1. The summed E-state index contributed by atoms with van der Waals surface area (Å²) in [5.41, 5.74) is 5.13. The molecule has 1 fully saturated rings. The second-order valence-corrected chi connectivity index (χ2v) is 3.24. The van der Waals surface area contributed by atoms with E-state index < -0.39 is 5.72 Å². The Balaban J connectivity index is 0.00000121. The standard InChI is InChI=1S/C8H15NO2.ClH/c1-3-4-7-5-8(7,9)11-6(2)10;/h7H,3-5,9H2,1-2H3;1H. The fraction of sp³-hybridized carbons (Fsp3) is 0.875. The monoisotopic (exact) mass is 193 g/mol. The maximum atomic E-state index is 10.5. The van der Waals surface area contributed by atoms with Crippen molar-refractivity contribution in [3.05, 3.63) is 0 Å². The predicted molar refractivity (Wildman–Crippen MR) is 48.9 cm³/mol. The highest BCUT2D eigenvalue weighted by Gasteiger charge is 2.53. The lowest BCUT2D eigenvalue weighted by Crippen LogP contribution is -2.30. The number of halogens is 1. The molecule has 4 heteroatoms. The molecule has 0 aliphatic heterocycles. The second kappa shape index (κ2) is 4.10. The van der Waals surface area contributed by atoms with Crippen LogP contribution in [0.15, 0.2) is 0 Å². The number of carbonyl (C=O) groups is 1. The van der Waals surface area contributed by atoms with Gasteiger partial charge >= 0.3 is 5.97 Å². The SMILES string of the molecule is CCCC1CC1(N)OC(C)=O.Cl. The zero-order valence-electron chi connectivity index (χ0n) is 7.50. The van der Waals surface area contributed by atoms with Crippen LogP contribution in [0, 0.1) is 5.92 Å². The minimum atomic E-state index is -0.609. The summed E-state index contributed by atoms with van der Waals surface area (Å²) < 4.78 is 4.95. The number of carbonyl (C=O) groups excluding carboxylic acids is 1. The number of ether oxygens (including phenoxy) is 1. The van der Waals surface area contributed by atoms with Gasteiger partial charge in [0.05, 0.1) is 0 Å². The third-order valence-electron chi connectivity index (χ3n) is 2.07. The molecule has 0 amide bonds. The van der Waals surface area contributed by atoms with Crippen LogP contribution in [0.2, 0.25) is 0 Å². The van der Waals surface area contributed by atoms with Gasteiger partial charge in [-0.05, 0) is 6.42 Å². The molecule has 0 saturated heterocycles. The molecular weight excluding hydrogens is 178 g/mol. The molecule has 2 unspecified atom stereocenters. The van der Waals surface area contributed by atoms with Gasteiger partial charge in [0.25, 0.3) is 0 Å². The van der Waals surface area contributed by atoms with Crippen molar-refractivity contribution in [3.63, 3.8) is 0 Å². The molecule has 1 saturated carbocycles. The zero-order valence-corrected chi connectivity index (χ0v) is 8.32. The Labute approximate surface area is 79.1 Å². The molecule has 3 nitrogen and oxygen atoms in total. The summed E-state index contributed by atoms with van der Waals surface area (Å²) in [6.07, 6.45) is 3.00. The second-order valence-electron chi connectivity index (χ2n) is 3.24. The summed E-state index contributed by atoms with van der Waals surface area (Å²) in [5, 5.41) is 0. The van der Waals surface area contributed by atoms with Crippen molar-refractivity contribution >= 4 is 18.4 Å². The fourth-order valence-electron chi connectivity index (χ4n) is 1.41. The highest BCUT2D eigenvalue weighted by atomic mass is 35.5. The van der Waals surface area contributed by atoms with E-state index in [1.54, 1.807) is 0 Å². The van der Waals surface area contributed by atoms with Gasteiger partial charge in [0.2, 0.25) is 0 Å². The van der Waals surface area contributed by atoms with Crippen LogP contribution in [0.1, 0.15) is 33.1 Å². The molecule has 2 N–H and O–H groups in total. The highest BCUT2D eigenvalue weighted by Crippen LogP contribution is 2.45. The molecule has 0 aromatic carbocycles. The molecule has 1 aliphatic carbocycles. The summed E-state index contributed by atoms with van der Waals surface area (Å²) in [6, 6.07) is 0. The van der Waals surface area contributed by atoms with Crippen LogP contribution in [0.4, 0.5) is 0 Å². The van der Waals surface area contributed by atoms with Crippen molar-refractivity contribution in [3.8, 4) is 0 Å². The van der Waals surface area contributed by atoms with Gasteiger partial charge in [0.15, 0.2) is 5.72 Å². The highest BCUT2D eigenvalue weighted by molar-refractivity contribution is 5.85. The van der Waals surface area contributed by atoms with Crippen LogP contribution in [-0.2, 0) is 9.53 Å². The van der Waals surface area contributed by atoms with E-state index in [-0.39, 0.29) is 18.4 Å². The van der Waals surface area contributed by atoms with Gasteiger partial charge in [0.1, 0.15) is 0 Å². The Bertz CT molecular complexity index is 174. The van der Waals surface area contributed by atoms with Crippen molar-refractivity contribution in [1.82, 2.24) is 0 Å². The minimum absolute atomic E-state index is 0. The van der Waals surface area contributed by atoms with Gasteiger partial charge in [-0.25, -0.2) is 0 Å². The average Bonchev–Trinajstić information content (AvgIpc) is 2.40. The third kappa shape index (κ3) is 2.64. The van der Waals surface area contributed by atoms with Crippen molar-refractivity contribution in [1.29, 1.82) is 0 Å². The van der Waals surface area contributed by atoms with Gasteiger partial charge in [-0.15, -0.1) is 12.4 Å². The Morgan fingerprint density at radius 1 is 1.75 bits per heavy atom. The lowest BCUT2D eigenvalue weighted by atomic mass is 10.2. The number of hydrogen-bond acceptors (Lipinski definition) is 3. The summed E-state index contributed by atoms with van der Waals surface area (Å²) in [6.45, 7) is 3.50. The Morgan fingerprint density at radius 3 is 2.75 bits per heavy atom. The molecule has 12 heavy (non-hydrogen) atoms. The number of rotatable bonds is 3. The normalized spacial score (nSPS) is 32.1. The Morgan fingerprint density at radius 2 is 2.33 bits per heavy atom. The van der Waals surface area contributed by atoms with E-state index >= 15 is 0 Å². The van der Waals surface area contributed by atoms with E-state index in [0.717, 1.165) is 19.3 Å². The minimum Gasteiger partial charge on any atom is -0.444 e. The summed E-state index contributed by atoms with van der Waals surface area (Å²) in [5.74, 6) is 0.127. The molecular formula is C8H16ClNO2. The topological polar surface area (TPSA) is 52.3 Å². The number of esters is 1. The fourth-order valence-corrected chi connectivity index (χ4v) is 1.41. The van der Waals surface area contributed by atoms with E-state index in [0.29, 0.717) is 5.92 Å². The molecule has 72 valence electrons. The van der Waals surface area contributed by atoms with Gasteiger partial charge in [0, 0.05) is 19.3 Å². The Hall–Kier alpha value is -0.280. The zero-order chi connectivity index (χ0) is 8.48. The molecule has 0 aromatic heterocycles. The maximum Gasteiger partial charge on any atom is 0.304 e. The molecule has 0 bridgehead atoms. The summed E-state index contributed by atoms with van der Waals surface area (Å²) in [4.78, 5) is 10.5. The molecule has 0 heterocycles. The van der Waals surface area contributed by atoms with E-state index in [4.69, 9.17) is 10.5 Å². The molecule has 2 atom stereocenters. The first-order chi connectivity index (χ1) is 5.08. The maximum absolute atomic E-state index is 10.5. The summed E-state index contributed by atoms with van der Waals surface area (Å²) >= 11 is 0. The Kier molecular flexibility index (Phi) is 4.00. The van der Waals surface area contributed by atoms with Crippen molar-refractivity contribution in [2.24, 2.45) is 11.7 Å². The molecule has 0 spiro atoms. The van der Waals surface area contributed by atoms with Crippen LogP contribution in [-0.4, -0.2) is 11.7 Å². The third-order valence-corrected chi connectivity index (χ3v) is 2.07. The van der Waals surface area contributed by atoms with Gasteiger partial charge in [-0.1, -0.05) is 13.3 Å².